The molecular formula is C18H25N5O5. The van der Waals surface area contributed by atoms with E-state index in [4.69, 9.17) is 0 Å². The summed E-state index contributed by atoms with van der Waals surface area (Å²) in [5.74, 6) is 0.0293. The Bertz CT molecular complexity index is 757. The number of rotatable bonds is 6. The quantitative estimate of drug-likeness (QED) is 0.582. The number of nitro groups is 2. The number of hydrogen-bond acceptors (Lipinski definition) is 7. The molecule has 1 heterocycles. The summed E-state index contributed by atoms with van der Waals surface area (Å²) in [5.41, 5.74) is -0.195. The highest BCUT2D eigenvalue weighted by Gasteiger charge is 2.30. The number of piperazine rings is 1. The smallest absolute Gasteiger partial charge is 0.299 e. The Hall–Kier alpha value is -2.75. The lowest BCUT2D eigenvalue weighted by molar-refractivity contribution is -0.393. The van der Waals surface area contributed by atoms with E-state index in [0.29, 0.717) is 31.9 Å². The number of amides is 1. The van der Waals surface area contributed by atoms with Crippen LogP contribution >= 0.6 is 0 Å². The van der Waals surface area contributed by atoms with Gasteiger partial charge in [-0.05, 0) is 25.8 Å². The van der Waals surface area contributed by atoms with Gasteiger partial charge in [0.25, 0.3) is 11.4 Å². The molecule has 1 atom stereocenters. The van der Waals surface area contributed by atoms with Gasteiger partial charge in [-0.2, -0.15) is 0 Å². The van der Waals surface area contributed by atoms with E-state index in [0.717, 1.165) is 31.7 Å². The normalized spacial score (nSPS) is 19.4. The fraction of sp³-hybridized carbons (Fsp3) is 0.611. The molecule has 152 valence electrons. The van der Waals surface area contributed by atoms with Crippen LogP contribution in [0.5, 0.6) is 0 Å². The molecule has 0 bridgehead atoms. The van der Waals surface area contributed by atoms with Gasteiger partial charge in [0.05, 0.1) is 22.0 Å². The fourth-order valence-corrected chi connectivity index (χ4v) is 3.95. The number of nitrogens with zero attached hydrogens (tertiary/aromatic N) is 4. The molecule has 3 rings (SSSR count). The molecule has 1 aromatic rings. The monoisotopic (exact) mass is 391 g/mol. The number of carbonyl (C=O) groups is 1. The van der Waals surface area contributed by atoms with Gasteiger partial charge in [-0.3, -0.25) is 29.9 Å². The first kappa shape index (κ1) is 20.0. The molecule has 1 aliphatic carbocycles. The standard InChI is InChI=1S/C18H25N5O5/c1-13(18(24)19-14-4-2-3-5-14)20-8-10-21(11-9-20)16-7-6-15(22(25)26)12-17(16)23(27)28/h6-7,12-14H,2-5,8-11H2,1H3,(H,19,24). The molecule has 1 saturated carbocycles. The fourth-order valence-electron chi connectivity index (χ4n) is 3.95. The number of nitrogens with one attached hydrogen (secondary N) is 1. The number of anilines is 1. The lowest BCUT2D eigenvalue weighted by atomic mass is 10.1. The van der Waals surface area contributed by atoms with Crippen molar-refractivity contribution in [3.63, 3.8) is 0 Å². The van der Waals surface area contributed by atoms with Crippen LogP contribution in [0.25, 0.3) is 0 Å². The van der Waals surface area contributed by atoms with Crippen LogP contribution in [0, 0.1) is 20.2 Å². The van der Waals surface area contributed by atoms with Gasteiger partial charge >= 0.3 is 0 Å². The van der Waals surface area contributed by atoms with Gasteiger partial charge in [-0.25, -0.2) is 0 Å². The lowest BCUT2D eigenvalue weighted by Crippen LogP contribution is -2.55. The van der Waals surface area contributed by atoms with Crippen LogP contribution in [0.4, 0.5) is 17.1 Å². The summed E-state index contributed by atoms with van der Waals surface area (Å²) in [6.07, 6.45) is 4.39. The molecule has 1 aromatic carbocycles. The summed E-state index contributed by atoms with van der Waals surface area (Å²) < 4.78 is 0. The van der Waals surface area contributed by atoms with E-state index >= 15 is 0 Å². The van der Waals surface area contributed by atoms with Crippen LogP contribution < -0.4 is 10.2 Å². The minimum atomic E-state index is -0.640. The van der Waals surface area contributed by atoms with Gasteiger partial charge in [-0.1, -0.05) is 12.8 Å². The van der Waals surface area contributed by atoms with Crippen molar-refractivity contribution < 1.29 is 14.6 Å². The third-order valence-corrected chi connectivity index (χ3v) is 5.65. The molecule has 10 nitrogen and oxygen atoms in total. The molecule has 28 heavy (non-hydrogen) atoms. The Morgan fingerprint density at radius 2 is 1.75 bits per heavy atom. The number of hydrogen-bond donors (Lipinski definition) is 1. The van der Waals surface area contributed by atoms with Gasteiger partial charge in [0.2, 0.25) is 5.91 Å². The maximum Gasteiger partial charge on any atom is 0.299 e. The first-order chi connectivity index (χ1) is 13.4. The van der Waals surface area contributed by atoms with Crippen molar-refractivity contribution in [3.05, 3.63) is 38.4 Å². The van der Waals surface area contributed by atoms with Gasteiger partial charge in [0, 0.05) is 38.3 Å². The molecule has 2 fully saturated rings. The predicted molar refractivity (Wildman–Crippen MR) is 103 cm³/mol. The van der Waals surface area contributed by atoms with Crippen LogP contribution in [0.1, 0.15) is 32.6 Å². The second-order valence-electron chi connectivity index (χ2n) is 7.38. The number of carbonyl (C=O) groups excluding carboxylic acids is 1. The molecule has 1 unspecified atom stereocenters. The highest BCUT2D eigenvalue weighted by molar-refractivity contribution is 5.81. The summed E-state index contributed by atoms with van der Waals surface area (Å²) in [5, 5.41) is 25.4. The van der Waals surface area contributed by atoms with E-state index in [-0.39, 0.29) is 29.4 Å². The zero-order chi connectivity index (χ0) is 20.3. The maximum absolute atomic E-state index is 12.5. The number of nitro benzene ring substituents is 2. The average molecular weight is 391 g/mol. The van der Waals surface area contributed by atoms with Crippen molar-refractivity contribution in [2.24, 2.45) is 0 Å². The Morgan fingerprint density at radius 3 is 2.32 bits per heavy atom. The molecule has 1 saturated heterocycles. The molecule has 1 amide bonds. The summed E-state index contributed by atoms with van der Waals surface area (Å²) in [7, 11) is 0. The first-order valence-electron chi connectivity index (χ1n) is 9.59. The SMILES string of the molecule is CC(C(=O)NC1CCCC1)N1CCN(c2ccc([N+](=O)[O-])cc2[N+](=O)[O-])CC1. The predicted octanol–water partition coefficient (Wildman–Crippen LogP) is 2.07. The highest BCUT2D eigenvalue weighted by atomic mass is 16.6. The molecule has 0 spiro atoms. The zero-order valence-corrected chi connectivity index (χ0v) is 15.9. The topological polar surface area (TPSA) is 122 Å². The molecule has 1 aliphatic heterocycles. The Labute approximate surface area is 162 Å². The highest BCUT2D eigenvalue weighted by Crippen LogP contribution is 2.32. The van der Waals surface area contributed by atoms with Crippen LogP contribution in [0.3, 0.4) is 0 Å². The van der Waals surface area contributed by atoms with Crippen molar-refractivity contribution in [2.45, 2.75) is 44.7 Å². The van der Waals surface area contributed by atoms with Crippen molar-refractivity contribution in [1.29, 1.82) is 0 Å². The van der Waals surface area contributed by atoms with Crippen LogP contribution in [0.15, 0.2) is 18.2 Å². The Morgan fingerprint density at radius 1 is 1.11 bits per heavy atom. The van der Waals surface area contributed by atoms with Crippen LogP contribution in [-0.4, -0.2) is 58.9 Å². The zero-order valence-electron chi connectivity index (χ0n) is 15.9. The molecule has 10 heteroatoms. The van der Waals surface area contributed by atoms with Crippen molar-refractivity contribution in [1.82, 2.24) is 10.2 Å². The summed E-state index contributed by atoms with van der Waals surface area (Å²) in [4.78, 5) is 37.4. The molecule has 0 aromatic heterocycles. The minimum absolute atomic E-state index is 0.0293. The van der Waals surface area contributed by atoms with E-state index < -0.39 is 9.85 Å². The van der Waals surface area contributed by atoms with E-state index in [1.807, 2.05) is 11.8 Å². The van der Waals surface area contributed by atoms with E-state index in [1.54, 1.807) is 0 Å². The van der Waals surface area contributed by atoms with Gasteiger partial charge < -0.3 is 10.2 Å². The van der Waals surface area contributed by atoms with Crippen LogP contribution in [0.2, 0.25) is 0 Å². The third kappa shape index (κ3) is 4.38. The van der Waals surface area contributed by atoms with Crippen LogP contribution in [-0.2, 0) is 4.79 Å². The minimum Gasteiger partial charge on any atom is -0.363 e. The van der Waals surface area contributed by atoms with Gasteiger partial charge in [0.1, 0.15) is 5.69 Å². The third-order valence-electron chi connectivity index (χ3n) is 5.65. The summed E-state index contributed by atoms with van der Waals surface area (Å²) in [6.45, 7) is 4.09. The van der Waals surface area contributed by atoms with Crippen molar-refractivity contribution in [3.8, 4) is 0 Å². The number of benzene rings is 1. The summed E-state index contributed by atoms with van der Waals surface area (Å²) >= 11 is 0. The first-order valence-corrected chi connectivity index (χ1v) is 9.59. The molecule has 2 aliphatic rings. The summed E-state index contributed by atoms with van der Waals surface area (Å²) in [6, 6.07) is 3.74. The largest absolute Gasteiger partial charge is 0.363 e. The van der Waals surface area contributed by atoms with E-state index in [1.165, 1.54) is 12.1 Å². The molecule has 0 radical (unpaired) electrons. The second kappa shape index (κ2) is 8.51. The lowest BCUT2D eigenvalue weighted by Gasteiger charge is -2.38. The van der Waals surface area contributed by atoms with E-state index in [2.05, 4.69) is 10.2 Å². The van der Waals surface area contributed by atoms with E-state index in [9.17, 15) is 25.0 Å². The van der Waals surface area contributed by atoms with Gasteiger partial charge in [-0.15, -0.1) is 0 Å². The second-order valence-corrected chi connectivity index (χ2v) is 7.38. The maximum atomic E-state index is 12.5. The Balaban J connectivity index is 1.62. The van der Waals surface area contributed by atoms with Gasteiger partial charge in [0.15, 0.2) is 0 Å². The number of non-ortho nitro benzene ring substituents is 1. The average Bonchev–Trinajstić information content (AvgIpc) is 3.20. The van der Waals surface area contributed by atoms with Crippen molar-refractivity contribution >= 4 is 23.0 Å². The van der Waals surface area contributed by atoms with Crippen molar-refractivity contribution in [2.75, 3.05) is 31.1 Å². The molecular weight excluding hydrogens is 366 g/mol. The Kier molecular flexibility index (Phi) is 6.08. The molecule has 1 N–H and O–H groups in total.